The van der Waals surface area contributed by atoms with Crippen LogP contribution in [0.5, 0.6) is 0 Å². The first-order valence-electron chi connectivity index (χ1n) is 15.3. The fourth-order valence-corrected chi connectivity index (χ4v) is 8.29. The van der Waals surface area contributed by atoms with Gasteiger partial charge in [0.05, 0.1) is 6.04 Å². The van der Waals surface area contributed by atoms with Gasteiger partial charge in [0, 0.05) is 21.0 Å². The first-order chi connectivity index (χ1) is 21.8. The molecule has 0 spiro atoms. The highest BCUT2D eigenvalue weighted by atomic mass is 32.1. The van der Waals surface area contributed by atoms with Crippen LogP contribution in [0.25, 0.3) is 59.6 Å². The number of hydrogen-bond acceptors (Lipinski definition) is 2. The van der Waals surface area contributed by atoms with E-state index in [0.717, 1.165) is 6.42 Å². The summed E-state index contributed by atoms with van der Waals surface area (Å²) >= 11 is 1.90. The molecule has 8 aromatic rings. The molecule has 1 aromatic heterocycles. The van der Waals surface area contributed by atoms with Crippen LogP contribution in [0.4, 0.5) is 11.4 Å². The Labute approximate surface area is 260 Å². The van der Waals surface area contributed by atoms with Crippen molar-refractivity contribution in [2.24, 2.45) is 0 Å². The monoisotopic (exact) mass is 579 g/mol. The molecular formula is C42H29NS. The second-order valence-electron chi connectivity index (χ2n) is 11.7. The Kier molecular flexibility index (Phi) is 5.89. The van der Waals surface area contributed by atoms with E-state index >= 15 is 0 Å². The summed E-state index contributed by atoms with van der Waals surface area (Å²) in [5, 5.41) is 9.20. The second-order valence-corrected chi connectivity index (χ2v) is 12.8. The molecule has 1 aliphatic carbocycles. The fraction of sp³-hybridized carbons (Fsp3) is 0.0476. The Bertz CT molecular complexity index is 2330. The Morgan fingerprint density at radius 2 is 1.02 bits per heavy atom. The second kappa shape index (κ2) is 10.2. The Hall–Kier alpha value is -5.18. The van der Waals surface area contributed by atoms with Crippen LogP contribution in [-0.2, 0) is 6.42 Å². The number of nitrogens with zero attached hydrogens (tertiary/aromatic N) is 1. The number of anilines is 2. The van der Waals surface area contributed by atoms with Gasteiger partial charge in [0.2, 0.25) is 0 Å². The van der Waals surface area contributed by atoms with Gasteiger partial charge in [0.1, 0.15) is 0 Å². The minimum Gasteiger partial charge on any atom is -0.334 e. The minimum absolute atomic E-state index is 0.187. The molecule has 0 saturated heterocycles. The lowest BCUT2D eigenvalue weighted by atomic mass is 9.92. The first kappa shape index (κ1) is 25.3. The smallest absolute Gasteiger partial charge is 0.0566 e. The summed E-state index contributed by atoms with van der Waals surface area (Å²) in [5.74, 6) is 0. The maximum absolute atomic E-state index is 2.55. The Morgan fingerprint density at radius 1 is 0.477 bits per heavy atom. The Morgan fingerprint density at radius 3 is 1.73 bits per heavy atom. The summed E-state index contributed by atoms with van der Waals surface area (Å²) in [6.45, 7) is 0. The molecule has 0 aliphatic heterocycles. The van der Waals surface area contributed by atoms with Crippen molar-refractivity contribution in [1.82, 2.24) is 0 Å². The van der Waals surface area contributed by atoms with Gasteiger partial charge in [0.25, 0.3) is 0 Å². The molecule has 7 aromatic carbocycles. The summed E-state index contributed by atoms with van der Waals surface area (Å²) in [6, 6.07) is 53.5. The molecule has 1 atom stereocenters. The zero-order chi connectivity index (χ0) is 29.0. The van der Waals surface area contributed by atoms with Crippen molar-refractivity contribution in [3.63, 3.8) is 0 Å². The number of fused-ring (bicyclic) bond motifs is 9. The van der Waals surface area contributed by atoms with Crippen LogP contribution in [0.15, 0.2) is 152 Å². The predicted molar refractivity (Wildman–Crippen MR) is 191 cm³/mol. The molecule has 44 heavy (non-hydrogen) atoms. The van der Waals surface area contributed by atoms with Crippen molar-refractivity contribution in [3.05, 3.63) is 162 Å². The van der Waals surface area contributed by atoms with Gasteiger partial charge in [-0.05, 0) is 97.2 Å². The molecule has 1 aliphatic rings. The van der Waals surface area contributed by atoms with Gasteiger partial charge in [0.15, 0.2) is 0 Å². The SMILES string of the molecule is C1=CC(N(c2ccc(-c3ccccc3)cc2)c2ccc3c4ccccc4c4ccccc4c3c2)Cc2c1sc1ccccc21. The van der Waals surface area contributed by atoms with E-state index in [9.17, 15) is 0 Å². The molecule has 208 valence electrons. The van der Waals surface area contributed by atoms with Crippen LogP contribution in [-0.4, -0.2) is 6.04 Å². The summed E-state index contributed by atoms with van der Waals surface area (Å²) in [5.41, 5.74) is 6.34. The van der Waals surface area contributed by atoms with Crippen molar-refractivity contribution in [2.75, 3.05) is 4.90 Å². The third-order valence-electron chi connectivity index (χ3n) is 9.20. The molecule has 1 nitrogen and oxygen atoms in total. The van der Waals surface area contributed by atoms with Crippen molar-refractivity contribution in [2.45, 2.75) is 12.5 Å². The van der Waals surface area contributed by atoms with Gasteiger partial charge in [-0.25, -0.2) is 0 Å². The van der Waals surface area contributed by atoms with E-state index in [-0.39, 0.29) is 6.04 Å². The van der Waals surface area contributed by atoms with Gasteiger partial charge < -0.3 is 4.90 Å². The fourth-order valence-electron chi connectivity index (χ4n) is 7.14. The number of benzene rings is 7. The molecule has 0 radical (unpaired) electrons. The Balaban J connectivity index is 1.23. The van der Waals surface area contributed by atoms with E-state index in [0.29, 0.717) is 0 Å². The average Bonchev–Trinajstić information content (AvgIpc) is 3.47. The highest BCUT2D eigenvalue weighted by Gasteiger charge is 2.26. The van der Waals surface area contributed by atoms with E-state index in [1.54, 1.807) is 0 Å². The maximum atomic E-state index is 2.55. The molecule has 1 unspecified atom stereocenters. The molecule has 0 saturated carbocycles. The molecular weight excluding hydrogens is 551 g/mol. The number of rotatable bonds is 4. The van der Waals surface area contributed by atoms with Crippen molar-refractivity contribution >= 4 is 71.2 Å². The molecule has 1 heterocycles. The maximum Gasteiger partial charge on any atom is 0.0566 e. The predicted octanol–water partition coefficient (Wildman–Crippen LogP) is 11.8. The van der Waals surface area contributed by atoms with E-state index in [4.69, 9.17) is 0 Å². The highest BCUT2D eigenvalue weighted by Crippen LogP contribution is 2.42. The van der Waals surface area contributed by atoms with E-state index in [1.807, 2.05) is 11.3 Å². The van der Waals surface area contributed by atoms with Crippen LogP contribution < -0.4 is 4.90 Å². The summed E-state index contributed by atoms with van der Waals surface area (Å²) in [6.07, 6.45) is 5.72. The first-order valence-corrected chi connectivity index (χ1v) is 16.1. The molecule has 0 N–H and O–H groups in total. The third-order valence-corrected chi connectivity index (χ3v) is 10.4. The van der Waals surface area contributed by atoms with Gasteiger partial charge in [-0.15, -0.1) is 11.3 Å². The lowest BCUT2D eigenvalue weighted by molar-refractivity contribution is 0.774. The number of thiophene rings is 1. The average molecular weight is 580 g/mol. The lowest BCUT2D eigenvalue weighted by Gasteiger charge is -2.34. The molecule has 9 rings (SSSR count). The lowest BCUT2D eigenvalue weighted by Crippen LogP contribution is -2.32. The molecule has 0 fully saturated rings. The van der Waals surface area contributed by atoms with Crippen LogP contribution in [0.1, 0.15) is 10.4 Å². The molecule has 0 amide bonds. The third kappa shape index (κ3) is 4.06. The van der Waals surface area contributed by atoms with E-state index in [2.05, 4.69) is 163 Å². The van der Waals surface area contributed by atoms with Crippen LogP contribution in [0.2, 0.25) is 0 Å². The van der Waals surface area contributed by atoms with E-state index < -0.39 is 0 Å². The van der Waals surface area contributed by atoms with Crippen molar-refractivity contribution in [1.29, 1.82) is 0 Å². The van der Waals surface area contributed by atoms with Crippen LogP contribution in [0.3, 0.4) is 0 Å². The van der Waals surface area contributed by atoms with Crippen molar-refractivity contribution < 1.29 is 0 Å². The molecule has 0 bridgehead atoms. The molecule has 2 heteroatoms. The van der Waals surface area contributed by atoms with E-state index in [1.165, 1.54) is 75.3 Å². The topological polar surface area (TPSA) is 3.24 Å². The minimum atomic E-state index is 0.187. The van der Waals surface area contributed by atoms with Gasteiger partial charge in [-0.3, -0.25) is 0 Å². The van der Waals surface area contributed by atoms with Crippen LogP contribution in [0, 0.1) is 0 Å². The zero-order valence-electron chi connectivity index (χ0n) is 24.2. The van der Waals surface area contributed by atoms with Crippen LogP contribution >= 0.6 is 11.3 Å². The summed E-state index contributed by atoms with van der Waals surface area (Å²) in [4.78, 5) is 3.93. The summed E-state index contributed by atoms with van der Waals surface area (Å²) in [7, 11) is 0. The quantitative estimate of drug-likeness (QED) is 0.187. The summed E-state index contributed by atoms with van der Waals surface area (Å²) < 4.78 is 1.37. The van der Waals surface area contributed by atoms with Gasteiger partial charge >= 0.3 is 0 Å². The normalized spacial score (nSPS) is 14.4. The standard InChI is InChI=1S/C42H29NS/c1-2-10-28(11-3-1)29-18-20-30(21-19-29)43(32-23-25-42-40(27-32)38-16-8-9-17-41(38)44-42)31-22-24-37-35-14-5-4-12-33(35)34-13-6-7-15-36(34)39(37)26-31/h1-26,32H,27H2. The van der Waals surface area contributed by atoms with Crippen molar-refractivity contribution in [3.8, 4) is 11.1 Å². The largest absolute Gasteiger partial charge is 0.334 e. The zero-order valence-corrected chi connectivity index (χ0v) is 25.0. The van der Waals surface area contributed by atoms with Gasteiger partial charge in [-0.1, -0.05) is 121 Å². The number of hydrogen-bond donors (Lipinski definition) is 0. The van der Waals surface area contributed by atoms with Gasteiger partial charge in [-0.2, -0.15) is 0 Å². The highest BCUT2D eigenvalue weighted by molar-refractivity contribution is 7.20.